The molecule has 0 saturated carbocycles. The smallest absolute Gasteiger partial charge is 0.149 e. The molecular formula is C27H33FNP. The van der Waals surface area contributed by atoms with Crippen molar-refractivity contribution >= 4 is 31.0 Å². The number of hydrogen-bond donors (Lipinski definition) is 0. The SMILES string of the molecule is CCC(Cc1ccc(P)cc1)(CC(C)C)/C(C)=C(\C)c1cnc2c(F)cccc2c1. The molecule has 1 nitrogen and oxygen atoms in total. The summed E-state index contributed by atoms with van der Waals surface area (Å²) >= 11 is 0. The van der Waals surface area contributed by atoms with Gasteiger partial charge in [0.15, 0.2) is 0 Å². The van der Waals surface area contributed by atoms with Gasteiger partial charge in [-0.2, -0.15) is 0 Å². The van der Waals surface area contributed by atoms with E-state index in [0.717, 1.165) is 30.2 Å². The Morgan fingerprint density at radius 1 is 1.10 bits per heavy atom. The molecule has 3 rings (SSSR count). The van der Waals surface area contributed by atoms with Gasteiger partial charge < -0.3 is 0 Å². The zero-order valence-corrected chi connectivity index (χ0v) is 20.0. The Morgan fingerprint density at radius 2 is 1.80 bits per heavy atom. The van der Waals surface area contributed by atoms with Gasteiger partial charge >= 0.3 is 0 Å². The van der Waals surface area contributed by atoms with E-state index < -0.39 is 0 Å². The Labute approximate surface area is 183 Å². The molecule has 0 saturated heterocycles. The lowest BCUT2D eigenvalue weighted by Crippen LogP contribution is -2.27. The molecule has 2 aromatic carbocycles. The third kappa shape index (κ3) is 4.81. The lowest BCUT2D eigenvalue weighted by atomic mass is 9.67. The van der Waals surface area contributed by atoms with Crippen LogP contribution in [0.2, 0.25) is 0 Å². The van der Waals surface area contributed by atoms with Crippen molar-refractivity contribution in [1.82, 2.24) is 4.98 Å². The first kappa shape index (κ1) is 22.6. The van der Waals surface area contributed by atoms with Gasteiger partial charge in [0.25, 0.3) is 0 Å². The fraction of sp³-hybridized carbons (Fsp3) is 0.370. The Hall–Kier alpha value is -2.05. The molecule has 158 valence electrons. The van der Waals surface area contributed by atoms with Crippen LogP contribution < -0.4 is 5.30 Å². The maximum atomic E-state index is 14.1. The monoisotopic (exact) mass is 421 g/mol. The third-order valence-electron chi connectivity index (χ3n) is 6.45. The number of rotatable bonds is 7. The van der Waals surface area contributed by atoms with Gasteiger partial charge in [-0.3, -0.25) is 4.98 Å². The van der Waals surface area contributed by atoms with E-state index in [4.69, 9.17) is 0 Å². The summed E-state index contributed by atoms with van der Waals surface area (Å²) < 4.78 is 14.1. The molecule has 0 fully saturated rings. The van der Waals surface area contributed by atoms with Gasteiger partial charge in [-0.05, 0) is 78.6 Å². The number of fused-ring (bicyclic) bond motifs is 1. The summed E-state index contributed by atoms with van der Waals surface area (Å²) in [6.45, 7) is 11.4. The van der Waals surface area contributed by atoms with Crippen molar-refractivity contribution in [2.24, 2.45) is 11.3 Å². The predicted octanol–water partition coefficient (Wildman–Crippen LogP) is 7.35. The number of para-hydroxylation sites is 1. The quantitative estimate of drug-likeness (QED) is 0.363. The van der Waals surface area contributed by atoms with Gasteiger partial charge in [-0.25, -0.2) is 4.39 Å². The highest BCUT2D eigenvalue weighted by Gasteiger charge is 2.32. The van der Waals surface area contributed by atoms with Crippen molar-refractivity contribution in [3.05, 3.63) is 77.2 Å². The average Bonchev–Trinajstić information content (AvgIpc) is 2.73. The molecule has 0 aliphatic carbocycles. The van der Waals surface area contributed by atoms with Crippen LogP contribution in [-0.2, 0) is 6.42 Å². The molecule has 3 heteroatoms. The van der Waals surface area contributed by atoms with Crippen molar-refractivity contribution < 1.29 is 4.39 Å². The summed E-state index contributed by atoms with van der Waals surface area (Å²) in [5.41, 5.74) is 5.62. The lowest BCUT2D eigenvalue weighted by molar-refractivity contribution is 0.269. The highest BCUT2D eigenvalue weighted by atomic mass is 31.0. The lowest BCUT2D eigenvalue weighted by Gasteiger charge is -2.37. The molecule has 0 amide bonds. The number of hydrogen-bond acceptors (Lipinski definition) is 1. The van der Waals surface area contributed by atoms with Gasteiger partial charge in [0.05, 0.1) is 0 Å². The van der Waals surface area contributed by atoms with E-state index >= 15 is 0 Å². The zero-order valence-electron chi connectivity index (χ0n) is 18.8. The molecule has 0 N–H and O–H groups in total. The fourth-order valence-electron chi connectivity index (χ4n) is 4.64. The van der Waals surface area contributed by atoms with Crippen LogP contribution in [0.1, 0.15) is 58.6 Å². The highest BCUT2D eigenvalue weighted by molar-refractivity contribution is 7.27. The van der Waals surface area contributed by atoms with Crippen LogP contribution in [-0.4, -0.2) is 4.98 Å². The van der Waals surface area contributed by atoms with Crippen LogP contribution >= 0.6 is 9.24 Å². The number of benzene rings is 2. The predicted molar refractivity (Wildman–Crippen MR) is 132 cm³/mol. The van der Waals surface area contributed by atoms with Crippen LogP contribution in [0.4, 0.5) is 4.39 Å². The molecule has 0 aliphatic heterocycles. The minimum atomic E-state index is -0.266. The van der Waals surface area contributed by atoms with Crippen molar-refractivity contribution in [3.8, 4) is 0 Å². The molecule has 30 heavy (non-hydrogen) atoms. The average molecular weight is 422 g/mol. The van der Waals surface area contributed by atoms with E-state index in [-0.39, 0.29) is 11.2 Å². The first-order valence-corrected chi connectivity index (χ1v) is 11.4. The first-order chi connectivity index (χ1) is 14.3. The number of pyridine rings is 1. The number of aromatic nitrogens is 1. The summed E-state index contributed by atoms with van der Waals surface area (Å²) in [5, 5.41) is 2.06. The van der Waals surface area contributed by atoms with Crippen LogP contribution in [0.3, 0.4) is 0 Å². The van der Waals surface area contributed by atoms with Crippen molar-refractivity contribution in [2.45, 2.75) is 53.9 Å². The zero-order chi connectivity index (χ0) is 21.9. The van der Waals surface area contributed by atoms with Crippen molar-refractivity contribution in [2.75, 3.05) is 0 Å². The number of nitrogens with zero attached hydrogens (tertiary/aromatic N) is 1. The van der Waals surface area contributed by atoms with Gasteiger partial charge in [0.2, 0.25) is 0 Å². The normalized spacial score (nSPS) is 14.7. The molecule has 3 aromatic rings. The first-order valence-electron chi connectivity index (χ1n) is 10.8. The number of allylic oxidation sites excluding steroid dienone is 2. The molecule has 1 aromatic heterocycles. The topological polar surface area (TPSA) is 12.9 Å². The van der Waals surface area contributed by atoms with E-state index in [1.165, 1.54) is 28.1 Å². The summed E-state index contributed by atoms with van der Waals surface area (Å²) in [5.74, 6) is 0.329. The van der Waals surface area contributed by atoms with E-state index in [1.54, 1.807) is 6.07 Å². The second kappa shape index (κ2) is 9.40. The van der Waals surface area contributed by atoms with Gasteiger partial charge in [0.1, 0.15) is 11.3 Å². The number of halogens is 1. The van der Waals surface area contributed by atoms with Gasteiger partial charge in [-0.1, -0.05) is 62.7 Å². The molecular weight excluding hydrogens is 388 g/mol. The van der Waals surface area contributed by atoms with E-state index in [9.17, 15) is 4.39 Å². The summed E-state index contributed by atoms with van der Waals surface area (Å²) in [7, 11) is 2.76. The van der Waals surface area contributed by atoms with Gasteiger partial charge in [-0.15, -0.1) is 9.24 Å². The molecule has 0 bridgehead atoms. The van der Waals surface area contributed by atoms with E-state index in [1.807, 2.05) is 12.3 Å². The third-order valence-corrected chi connectivity index (χ3v) is 6.84. The summed E-state index contributed by atoms with van der Waals surface area (Å²) in [4.78, 5) is 4.44. The largest absolute Gasteiger partial charge is 0.253 e. The molecule has 2 atom stereocenters. The summed E-state index contributed by atoms with van der Waals surface area (Å²) in [6, 6.07) is 16.1. The maximum absolute atomic E-state index is 14.1. The molecule has 1 heterocycles. The van der Waals surface area contributed by atoms with Crippen LogP contribution in [0.25, 0.3) is 16.5 Å². The maximum Gasteiger partial charge on any atom is 0.149 e. The highest BCUT2D eigenvalue weighted by Crippen LogP contribution is 2.44. The Kier molecular flexibility index (Phi) is 7.09. The molecule has 0 spiro atoms. The Bertz CT molecular complexity index is 1050. The van der Waals surface area contributed by atoms with Crippen LogP contribution in [0.5, 0.6) is 0 Å². The molecule has 2 unspecified atom stereocenters. The van der Waals surface area contributed by atoms with Crippen LogP contribution in [0.15, 0.2) is 60.3 Å². The Morgan fingerprint density at radius 3 is 2.43 bits per heavy atom. The fourth-order valence-corrected chi connectivity index (χ4v) is 4.84. The molecule has 0 aliphatic rings. The van der Waals surface area contributed by atoms with E-state index in [2.05, 4.69) is 79.2 Å². The van der Waals surface area contributed by atoms with E-state index in [0.29, 0.717) is 11.4 Å². The van der Waals surface area contributed by atoms with Crippen LogP contribution in [0, 0.1) is 17.2 Å². The van der Waals surface area contributed by atoms with Crippen molar-refractivity contribution in [3.63, 3.8) is 0 Å². The Balaban J connectivity index is 2.08. The minimum absolute atomic E-state index is 0.0809. The van der Waals surface area contributed by atoms with Crippen molar-refractivity contribution in [1.29, 1.82) is 0 Å². The second-order valence-electron chi connectivity index (χ2n) is 8.94. The van der Waals surface area contributed by atoms with Gasteiger partial charge in [0, 0.05) is 11.6 Å². The summed E-state index contributed by atoms with van der Waals surface area (Å²) in [6.07, 6.45) is 5.05. The second-order valence-corrected chi connectivity index (χ2v) is 9.60. The standard InChI is InChI=1S/C27H33FNP/c1-6-27(15-18(2)3,16-21-10-12-24(30)13-11-21)20(5)19(4)23-14-22-8-7-9-25(28)26(22)29-17-23/h7-14,17-18H,6,15-16,30H2,1-5H3/b20-19+. The molecule has 0 radical (unpaired) electrons. The minimum Gasteiger partial charge on any atom is -0.253 e.